The van der Waals surface area contributed by atoms with Crippen molar-refractivity contribution in [2.24, 2.45) is 0 Å². The van der Waals surface area contributed by atoms with Gasteiger partial charge in [0.05, 0.1) is 12.2 Å². The van der Waals surface area contributed by atoms with E-state index in [1.807, 2.05) is 0 Å². The Labute approximate surface area is 558 Å². The van der Waals surface area contributed by atoms with E-state index in [2.05, 4.69) is 0 Å². The topological polar surface area (TPSA) is 527 Å². The molecule has 0 spiro atoms. The minimum Gasteiger partial charge on any atom is -0.508 e. The summed E-state index contributed by atoms with van der Waals surface area (Å²) >= 11 is 0. The molecule has 0 saturated carbocycles. The maximum atomic E-state index is 14.2. The minimum atomic E-state index is -2.24. The summed E-state index contributed by atoms with van der Waals surface area (Å²) in [7, 11) is 0. The van der Waals surface area contributed by atoms with Crippen LogP contribution in [0.1, 0.15) is 16.7 Å². The van der Waals surface area contributed by atoms with Gasteiger partial charge >= 0.3 is 17.9 Å². The highest BCUT2D eigenvalue weighted by Crippen LogP contribution is 2.47. The van der Waals surface area contributed by atoms with Gasteiger partial charge in [0.15, 0.2) is 28.4 Å². The van der Waals surface area contributed by atoms with Crippen molar-refractivity contribution in [1.29, 1.82) is 0 Å². The van der Waals surface area contributed by atoms with E-state index < -0.39 is 224 Å². The molecule has 4 aromatic rings. The molecule has 99 heavy (non-hydrogen) atoms. The summed E-state index contributed by atoms with van der Waals surface area (Å²) in [6.07, 6.45) is -33.0. The van der Waals surface area contributed by atoms with Gasteiger partial charge in [-0.05, 0) is 89.5 Å². The number of aliphatic hydroxyl groups is 13. The van der Waals surface area contributed by atoms with Gasteiger partial charge < -0.3 is 143 Å². The standard InChI is InChI=1S/C66H68O33/c67-24-42-50(76)54(80)59(85)66(96-42)95-41-23-36-37(71)21-35(91-63-58(84)55(81)51(77)43(97-63)25-88-46(72)16-7-28-1-10-32(68)11-2-28)22-38(36)92-62(41)31-19-39(93-64-60(86)56(82)52(78)44(98-64)26-89-47(73)17-8-29-3-12-33(69)13-4-29)49(75)40(20-31)94-65-61(87)57(83)53(79)45(99-65)27-90-48(74)18-9-30-5-14-34(70)15-6-30/h1-23,42-45,50-61,63-70,75-87H,24-27H2/t42-,43-,44-,45-,50-,51-,52-,53-,54+,55+,56+,57+,58-,59-,60-,61-,63-,64-,65-,66-/m1/s1. The summed E-state index contributed by atoms with van der Waals surface area (Å²) in [5, 5.41) is 184. The zero-order chi connectivity index (χ0) is 71.1. The number of aromatic hydroxyl groups is 4. The molecule has 20 atom stereocenters. The zero-order valence-electron chi connectivity index (χ0n) is 51.3. The smallest absolute Gasteiger partial charge is 0.330 e. The maximum Gasteiger partial charge on any atom is 0.330 e. The Kier molecular flexibility index (Phi) is 23.2. The lowest BCUT2D eigenvalue weighted by Crippen LogP contribution is -2.60. The molecule has 5 aliphatic heterocycles. The lowest BCUT2D eigenvalue weighted by Gasteiger charge is -2.40. The van der Waals surface area contributed by atoms with Crippen molar-refractivity contribution >= 4 is 36.1 Å². The van der Waals surface area contributed by atoms with Crippen molar-refractivity contribution in [1.82, 2.24) is 0 Å². The van der Waals surface area contributed by atoms with E-state index in [0.29, 0.717) is 16.7 Å². The molecule has 0 aromatic heterocycles. The molecule has 4 saturated heterocycles. The van der Waals surface area contributed by atoms with Crippen LogP contribution >= 0.6 is 0 Å². The van der Waals surface area contributed by atoms with Crippen molar-refractivity contribution in [2.75, 3.05) is 26.4 Å². The van der Waals surface area contributed by atoms with Crippen LogP contribution in [0.3, 0.4) is 0 Å². The number of esters is 3. The normalized spacial score (nSPS) is 30.3. The van der Waals surface area contributed by atoms with E-state index in [4.69, 9.17) is 56.5 Å². The Hall–Kier alpha value is -9.34. The largest absolute Gasteiger partial charge is 0.508 e. The Bertz CT molecular complexity index is 3750. The molecule has 5 heterocycles. The quantitative estimate of drug-likeness (QED) is 0.0194. The maximum absolute atomic E-state index is 14.2. The van der Waals surface area contributed by atoms with Gasteiger partial charge in [-0.25, -0.2) is 14.4 Å². The van der Waals surface area contributed by atoms with E-state index >= 15 is 0 Å². The predicted octanol–water partition coefficient (Wildman–Crippen LogP) is -2.26. The van der Waals surface area contributed by atoms with Gasteiger partial charge in [-0.2, -0.15) is 0 Å². The average molecular weight is 1390 g/mol. The number of fused-ring (bicyclic) bond motifs is 1. The number of aliphatic hydroxyl groups excluding tert-OH is 13. The van der Waals surface area contributed by atoms with Gasteiger partial charge in [0.2, 0.25) is 30.9 Å². The van der Waals surface area contributed by atoms with E-state index in [1.165, 1.54) is 91.0 Å². The summed E-state index contributed by atoms with van der Waals surface area (Å²) < 4.78 is 69.1. The minimum absolute atomic E-state index is 0.0294. The van der Waals surface area contributed by atoms with Crippen LogP contribution in [0.4, 0.5) is 0 Å². The molecule has 4 fully saturated rings. The number of benzene rings is 5. The third-order valence-electron chi connectivity index (χ3n) is 16.0. The number of carbonyl (C=O) groups is 3. The molecule has 0 unspecified atom stereocenters. The fourth-order valence-corrected chi connectivity index (χ4v) is 10.4. The van der Waals surface area contributed by atoms with Crippen molar-refractivity contribution in [3.05, 3.63) is 148 Å². The first-order valence-corrected chi connectivity index (χ1v) is 30.2. The number of hydrogen-bond donors (Lipinski definition) is 17. The molecule has 33 heteroatoms. The average Bonchev–Trinajstić information content (AvgIpc) is 0.631. The summed E-state index contributed by atoms with van der Waals surface area (Å²) in [5.41, 5.74) is -0.438. The molecule has 530 valence electrons. The Balaban J connectivity index is 1.01. The van der Waals surface area contributed by atoms with Gasteiger partial charge in [-0.1, -0.05) is 36.4 Å². The second-order valence-electron chi connectivity index (χ2n) is 23.0. The second kappa shape index (κ2) is 31.7. The van der Waals surface area contributed by atoms with Crippen molar-refractivity contribution in [3.8, 4) is 68.6 Å². The van der Waals surface area contributed by atoms with Crippen molar-refractivity contribution in [2.45, 2.75) is 123 Å². The monoisotopic (exact) mass is 1390 g/mol. The summed E-state index contributed by atoms with van der Waals surface area (Å²) in [6.45, 7) is -3.34. The molecular weight excluding hydrogens is 1320 g/mol. The Morgan fingerprint density at radius 2 is 0.727 bits per heavy atom. The number of hydrogen-bond acceptors (Lipinski definition) is 33. The lowest BCUT2D eigenvalue weighted by molar-refractivity contribution is -0.279. The molecule has 33 nitrogen and oxygen atoms in total. The number of ether oxygens (including phenoxy) is 11. The first kappa shape index (κ1) is 72.4. The van der Waals surface area contributed by atoms with Crippen molar-refractivity contribution < 1.29 is 158 Å². The van der Waals surface area contributed by atoms with Crippen molar-refractivity contribution in [3.63, 3.8) is 0 Å². The van der Waals surface area contributed by atoms with Gasteiger partial charge in [0, 0.05) is 35.9 Å². The number of carbonyl (C=O) groups excluding carboxylic acids is 3. The van der Waals surface area contributed by atoms with Gasteiger partial charge in [-0.15, -0.1) is 0 Å². The molecule has 0 bridgehead atoms. The van der Waals surface area contributed by atoms with E-state index in [-0.39, 0.29) is 17.2 Å². The summed E-state index contributed by atoms with van der Waals surface area (Å²) in [4.78, 5) is 52.7. The first-order valence-electron chi connectivity index (χ1n) is 30.2. The molecule has 0 amide bonds. The van der Waals surface area contributed by atoms with E-state index in [9.17, 15) is 106 Å². The molecule has 17 N–H and O–H groups in total. The van der Waals surface area contributed by atoms with Crippen LogP contribution < -0.4 is 24.4 Å². The first-order chi connectivity index (χ1) is 47.2. The SMILES string of the molecule is O=C(C=Cc1ccc(O)cc1)OC[C@H]1O[C@@H](Oc2cc3oc(-c4cc(O[C@@H]5O[C@H](COC(=O)C=Cc6ccc(O)cc6)[C@@H](O)[C@H](O)[C@H]5O)c(O)c(O[C@@H]5O[C@H](COC(=O)C=Cc6ccc(O)cc6)[C@@H](O)[C@H](O)[C@H]5O)c4)c(O[C@@H]4O[C@H](CO)[C@@H](O)[C@H](O)[C@H]4O)cc-3c(=O)c2)[C@H](O)[C@@H](O)[C@@H]1O. The third-order valence-corrected chi connectivity index (χ3v) is 16.0. The Morgan fingerprint density at radius 3 is 1.09 bits per heavy atom. The zero-order valence-corrected chi connectivity index (χ0v) is 51.3. The highest BCUT2D eigenvalue weighted by atomic mass is 16.7. The van der Waals surface area contributed by atoms with Gasteiger partial charge in [0.1, 0.15) is 146 Å². The highest BCUT2D eigenvalue weighted by Gasteiger charge is 2.50. The molecule has 6 aliphatic rings. The highest BCUT2D eigenvalue weighted by molar-refractivity contribution is 5.88. The number of phenols is 4. The van der Waals surface area contributed by atoms with Gasteiger partial charge in [0.25, 0.3) is 0 Å². The molecule has 0 radical (unpaired) electrons. The lowest BCUT2D eigenvalue weighted by atomic mass is 9.99. The molecule has 10 rings (SSSR count). The van der Waals surface area contributed by atoms with Crippen LogP contribution in [-0.4, -0.2) is 254 Å². The molecule has 4 aromatic carbocycles. The third kappa shape index (κ3) is 17.2. The summed E-state index contributed by atoms with van der Waals surface area (Å²) in [5.74, 6) is -8.21. The summed E-state index contributed by atoms with van der Waals surface area (Å²) in [6, 6.07) is 21.7. The van der Waals surface area contributed by atoms with E-state index in [0.717, 1.165) is 48.6 Å². The predicted molar refractivity (Wildman–Crippen MR) is 329 cm³/mol. The fraction of sp³-hybridized carbons (Fsp3) is 0.364. The number of rotatable bonds is 22. The van der Waals surface area contributed by atoms with Crippen LogP contribution in [0, 0.1) is 0 Å². The van der Waals surface area contributed by atoms with E-state index in [1.54, 1.807) is 0 Å². The van der Waals surface area contributed by atoms with Crippen LogP contribution in [0.2, 0.25) is 0 Å². The number of phenolic OH excluding ortho intramolecular Hbond substituents is 4. The van der Waals surface area contributed by atoms with Crippen LogP contribution in [0.5, 0.6) is 46.0 Å². The second-order valence-corrected chi connectivity index (χ2v) is 23.0. The molecule has 1 aliphatic carbocycles. The van der Waals surface area contributed by atoms with Crippen LogP contribution in [-0.2, 0) is 47.5 Å². The van der Waals surface area contributed by atoms with Crippen LogP contribution in [0.25, 0.3) is 40.9 Å². The van der Waals surface area contributed by atoms with Crippen LogP contribution in [0.15, 0.2) is 131 Å². The van der Waals surface area contributed by atoms with Gasteiger partial charge in [-0.3, -0.25) is 4.79 Å². The fourth-order valence-electron chi connectivity index (χ4n) is 10.4. The Morgan fingerprint density at radius 1 is 0.394 bits per heavy atom. The molecular formula is C66H68O33.